The average Bonchev–Trinajstić information content (AvgIpc) is 3.16. The average molecular weight is 399 g/mol. The molecule has 2 N–H and O–H groups in total. The summed E-state index contributed by atoms with van der Waals surface area (Å²) < 4.78 is 5.37. The van der Waals surface area contributed by atoms with Crippen molar-refractivity contribution < 1.29 is 14.6 Å². The van der Waals surface area contributed by atoms with Gasteiger partial charge >= 0.3 is 0 Å². The van der Waals surface area contributed by atoms with Crippen LogP contribution in [0.5, 0.6) is 0 Å². The number of aliphatic hydroxyl groups excluding tert-OH is 1. The van der Waals surface area contributed by atoms with Crippen molar-refractivity contribution in [3.8, 4) is 0 Å². The molecule has 2 aliphatic rings. The summed E-state index contributed by atoms with van der Waals surface area (Å²) in [5.41, 5.74) is 1.17. The number of hydrogen-bond donors (Lipinski definition) is 2. The van der Waals surface area contributed by atoms with Gasteiger partial charge in [-0.15, -0.1) is 0 Å². The predicted octanol–water partition coefficient (Wildman–Crippen LogP) is -0.0428. The Bertz CT molecular complexity index is 814. The Hall–Kier alpha value is -2.69. The van der Waals surface area contributed by atoms with Crippen molar-refractivity contribution in [3.05, 3.63) is 42.2 Å². The first-order valence-corrected chi connectivity index (χ1v) is 9.75. The van der Waals surface area contributed by atoms with Gasteiger partial charge in [0.15, 0.2) is 0 Å². The second-order valence-corrected chi connectivity index (χ2v) is 7.28. The number of hydrogen-bond acceptors (Lipinski definition) is 9. The van der Waals surface area contributed by atoms with Crippen LogP contribution in [0.4, 0.5) is 5.95 Å². The van der Waals surface area contributed by atoms with Crippen molar-refractivity contribution in [3.63, 3.8) is 0 Å². The van der Waals surface area contributed by atoms with Crippen LogP contribution in [0.2, 0.25) is 0 Å². The summed E-state index contributed by atoms with van der Waals surface area (Å²) in [5, 5.41) is 13.6. The summed E-state index contributed by atoms with van der Waals surface area (Å²) in [6.07, 6.45) is 7.38. The third-order valence-corrected chi connectivity index (χ3v) is 5.33. The highest BCUT2D eigenvalue weighted by molar-refractivity contribution is 5.94. The fourth-order valence-electron chi connectivity index (χ4n) is 3.70. The Morgan fingerprint density at radius 1 is 1.17 bits per heavy atom. The van der Waals surface area contributed by atoms with Crippen LogP contribution in [0.3, 0.4) is 0 Å². The molecule has 0 aromatic carbocycles. The number of likely N-dealkylation sites (tertiary alicyclic amines) is 1. The topological polar surface area (TPSA) is 117 Å². The minimum atomic E-state index is -0.563. The smallest absolute Gasteiger partial charge is 0.257 e. The van der Waals surface area contributed by atoms with E-state index in [9.17, 15) is 9.90 Å². The van der Waals surface area contributed by atoms with Crippen LogP contribution >= 0.6 is 0 Å². The van der Waals surface area contributed by atoms with E-state index in [1.165, 1.54) is 12.4 Å². The monoisotopic (exact) mass is 399 g/mol. The van der Waals surface area contributed by atoms with E-state index in [1.807, 2.05) is 6.92 Å². The maximum atomic E-state index is 12.8. The molecule has 0 radical (unpaired) electrons. The van der Waals surface area contributed by atoms with Gasteiger partial charge in [-0.1, -0.05) is 0 Å². The Kier molecular flexibility index (Phi) is 5.93. The highest BCUT2D eigenvalue weighted by atomic mass is 16.5. The molecule has 2 aliphatic heterocycles. The first-order chi connectivity index (χ1) is 14.1. The van der Waals surface area contributed by atoms with Crippen LogP contribution in [0.25, 0.3) is 0 Å². The lowest BCUT2D eigenvalue weighted by atomic mass is 10.1. The number of aliphatic hydroxyl groups is 1. The summed E-state index contributed by atoms with van der Waals surface area (Å²) in [6, 6.07) is -0.175. The summed E-state index contributed by atoms with van der Waals surface area (Å²) >= 11 is 0. The molecular weight excluding hydrogens is 374 g/mol. The second-order valence-electron chi connectivity index (χ2n) is 7.28. The van der Waals surface area contributed by atoms with Crippen LogP contribution < -0.4 is 5.32 Å². The molecule has 154 valence electrons. The number of rotatable bonds is 5. The molecule has 2 saturated heterocycles. The van der Waals surface area contributed by atoms with Gasteiger partial charge in [0.05, 0.1) is 48.9 Å². The summed E-state index contributed by atoms with van der Waals surface area (Å²) in [6.45, 7) is 5.60. The predicted molar refractivity (Wildman–Crippen MR) is 104 cm³/mol. The Morgan fingerprint density at radius 2 is 1.93 bits per heavy atom. The first kappa shape index (κ1) is 19.6. The van der Waals surface area contributed by atoms with E-state index >= 15 is 0 Å². The lowest BCUT2D eigenvalue weighted by Crippen LogP contribution is -2.49. The maximum Gasteiger partial charge on any atom is 0.257 e. The fraction of sp³-hybridized carbons (Fsp3) is 0.526. The number of anilines is 1. The number of nitrogens with zero attached hydrogens (tertiary/aromatic N) is 6. The summed E-state index contributed by atoms with van der Waals surface area (Å²) in [7, 11) is 0. The van der Waals surface area contributed by atoms with Crippen molar-refractivity contribution in [2.24, 2.45) is 0 Å². The van der Waals surface area contributed by atoms with Gasteiger partial charge in [0.25, 0.3) is 5.91 Å². The molecule has 2 aromatic rings. The Labute approximate surface area is 169 Å². The first-order valence-electron chi connectivity index (χ1n) is 9.75. The molecule has 3 atom stereocenters. The third-order valence-electron chi connectivity index (χ3n) is 5.33. The molecule has 2 fully saturated rings. The highest BCUT2D eigenvalue weighted by Crippen LogP contribution is 2.20. The SMILES string of the molecule is CC(Nc1ncc(C(=O)N2C[C@H](O)[C@@H](N3CCOCC3)C2)cn1)c1cnccn1. The van der Waals surface area contributed by atoms with Crippen LogP contribution in [0.15, 0.2) is 31.0 Å². The number of carbonyl (C=O) groups is 1. The molecule has 2 aromatic heterocycles. The van der Waals surface area contributed by atoms with Crippen LogP contribution in [-0.2, 0) is 4.74 Å². The van der Waals surface area contributed by atoms with Gasteiger partial charge in [-0.25, -0.2) is 9.97 Å². The molecule has 4 heterocycles. The van der Waals surface area contributed by atoms with Gasteiger partial charge in [-0.3, -0.25) is 19.7 Å². The number of ether oxygens (including phenoxy) is 1. The zero-order valence-corrected chi connectivity index (χ0v) is 16.3. The zero-order chi connectivity index (χ0) is 20.2. The highest BCUT2D eigenvalue weighted by Gasteiger charge is 2.38. The molecule has 10 heteroatoms. The van der Waals surface area contributed by atoms with E-state index in [0.29, 0.717) is 37.8 Å². The van der Waals surface area contributed by atoms with Crippen molar-refractivity contribution in [2.45, 2.75) is 25.1 Å². The van der Waals surface area contributed by atoms with E-state index in [1.54, 1.807) is 23.5 Å². The molecule has 0 saturated carbocycles. The normalized spacial score (nSPS) is 23.7. The molecule has 10 nitrogen and oxygen atoms in total. The molecule has 1 amide bonds. The molecule has 29 heavy (non-hydrogen) atoms. The van der Waals surface area contributed by atoms with E-state index in [4.69, 9.17) is 4.74 Å². The van der Waals surface area contributed by atoms with Crippen molar-refractivity contribution in [1.29, 1.82) is 0 Å². The Morgan fingerprint density at radius 3 is 2.62 bits per heavy atom. The molecule has 0 aliphatic carbocycles. The number of amides is 1. The molecule has 0 spiro atoms. The van der Waals surface area contributed by atoms with Gasteiger partial charge in [0.2, 0.25) is 5.95 Å². The largest absolute Gasteiger partial charge is 0.390 e. The number of nitrogens with one attached hydrogen (secondary N) is 1. The zero-order valence-electron chi connectivity index (χ0n) is 16.3. The molecule has 1 unspecified atom stereocenters. The molecular formula is C19H25N7O3. The summed E-state index contributed by atoms with van der Waals surface area (Å²) in [5.74, 6) is 0.237. The van der Waals surface area contributed by atoms with Crippen molar-refractivity contribution in [1.82, 2.24) is 29.7 Å². The Balaban J connectivity index is 1.37. The van der Waals surface area contributed by atoms with Crippen LogP contribution in [0, 0.1) is 0 Å². The van der Waals surface area contributed by atoms with Crippen molar-refractivity contribution in [2.75, 3.05) is 44.7 Å². The van der Waals surface area contributed by atoms with Gasteiger partial charge in [-0.05, 0) is 6.92 Å². The molecule has 0 bridgehead atoms. The molecule has 4 rings (SSSR count). The standard InChI is InChI=1S/C19H25N7O3/c1-13(15-10-20-2-3-21-15)24-19-22-8-14(9-23-19)18(28)26-11-16(17(27)12-26)25-4-6-29-7-5-25/h2-3,8-10,13,16-17,27H,4-7,11-12H2,1H3,(H,22,23,24)/t13?,16-,17-/m0/s1. The number of carbonyl (C=O) groups excluding carboxylic acids is 1. The quantitative estimate of drug-likeness (QED) is 0.714. The van der Waals surface area contributed by atoms with Gasteiger partial charge in [0, 0.05) is 51.0 Å². The van der Waals surface area contributed by atoms with Gasteiger partial charge < -0.3 is 20.1 Å². The van der Waals surface area contributed by atoms with Gasteiger partial charge in [0.1, 0.15) is 0 Å². The van der Waals surface area contributed by atoms with Crippen molar-refractivity contribution >= 4 is 11.9 Å². The number of β-amino-alcohol motifs (C(OH)–C–C–N with tert-alkyl or cyclic N) is 1. The van der Waals surface area contributed by atoms with E-state index < -0.39 is 6.10 Å². The third kappa shape index (κ3) is 4.50. The van der Waals surface area contributed by atoms with E-state index in [2.05, 4.69) is 30.2 Å². The van der Waals surface area contributed by atoms with Crippen LogP contribution in [-0.4, -0.2) is 92.3 Å². The van der Waals surface area contributed by atoms with E-state index in [-0.39, 0.29) is 18.0 Å². The van der Waals surface area contributed by atoms with Crippen LogP contribution in [0.1, 0.15) is 29.0 Å². The number of aromatic nitrogens is 4. The number of morpholine rings is 1. The fourth-order valence-corrected chi connectivity index (χ4v) is 3.70. The van der Waals surface area contributed by atoms with Gasteiger partial charge in [-0.2, -0.15) is 0 Å². The lowest BCUT2D eigenvalue weighted by molar-refractivity contribution is -0.00611. The second kappa shape index (κ2) is 8.76. The lowest BCUT2D eigenvalue weighted by Gasteiger charge is -2.33. The van der Waals surface area contributed by atoms with E-state index in [0.717, 1.165) is 18.8 Å². The maximum absolute atomic E-state index is 12.8. The minimum absolute atomic E-state index is 0.0578. The summed E-state index contributed by atoms with van der Waals surface area (Å²) in [4.78, 5) is 33.5. The minimum Gasteiger partial charge on any atom is -0.390 e.